The van der Waals surface area contributed by atoms with Gasteiger partial charge in [0, 0.05) is 36.9 Å². The van der Waals surface area contributed by atoms with Crippen LogP contribution in [0.15, 0.2) is 53.1 Å². The molecular weight excluding hydrogens is 379 g/mol. The predicted molar refractivity (Wildman–Crippen MR) is 104 cm³/mol. The number of ether oxygens (including phenoxy) is 1. The molecule has 1 aromatic heterocycles. The van der Waals surface area contributed by atoms with Gasteiger partial charge in [-0.25, -0.2) is 4.39 Å². The Morgan fingerprint density at radius 3 is 2.45 bits per heavy atom. The first-order valence-electron chi connectivity index (χ1n) is 8.81. The van der Waals surface area contributed by atoms with Gasteiger partial charge in [0.25, 0.3) is 0 Å². The van der Waals surface area contributed by atoms with Crippen LogP contribution in [0.1, 0.15) is 12.3 Å². The van der Waals surface area contributed by atoms with Crippen LogP contribution in [-0.4, -0.2) is 35.7 Å². The molecule has 0 spiro atoms. The zero-order valence-electron chi connectivity index (χ0n) is 15.6. The van der Waals surface area contributed by atoms with Gasteiger partial charge < -0.3 is 19.9 Å². The van der Waals surface area contributed by atoms with Gasteiger partial charge in [-0.05, 0) is 42.5 Å². The molecule has 2 aromatic carbocycles. The van der Waals surface area contributed by atoms with Crippen LogP contribution in [0.4, 0.5) is 15.8 Å². The maximum Gasteiger partial charge on any atom is 0.250 e. The number of aryl methyl sites for hydroxylation is 1. The molecule has 2 amide bonds. The van der Waals surface area contributed by atoms with Crippen molar-refractivity contribution in [2.75, 3.05) is 24.4 Å². The van der Waals surface area contributed by atoms with E-state index < -0.39 is 0 Å². The highest BCUT2D eigenvalue weighted by atomic mass is 19.1. The van der Waals surface area contributed by atoms with E-state index in [0.29, 0.717) is 28.7 Å². The molecule has 1 heterocycles. The molecule has 0 saturated heterocycles. The van der Waals surface area contributed by atoms with E-state index in [1.165, 1.54) is 19.2 Å². The fourth-order valence-corrected chi connectivity index (χ4v) is 2.52. The van der Waals surface area contributed by atoms with Crippen LogP contribution < -0.4 is 10.6 Å². The molecule has 0 bridgehead atoms. The number of carbonyl (C=O) groups excluding carboxylic acids is 2. The van der Waals surface area contributed by atoms with Crippen LogP contribution in [0.25, 0.3) is 11.4 Å². The zero-order chi connectivity index (χ0) is 20.6. The summed E-state index contributed by atoms with van der Waals surface area (Å²) in [5, 5.41) is 9.26. The van der Waals surface area contributed by atoms with Crippen molar-refractivity contribution in [2.45, 2.75) is 12.8 Å². The molecule has 0 fully saturated rings. The zero-order valence-corrected chi connectivity index (χ0v) is 15.6. The van der Waals surface area contributed by atoms with Crippen molar-refractivity contribution in [3.05, 3.63) is 60.2 Å². The van der Waals surface area contributed by atoms with E-state index in [1.807, 2.05) is 0 Å². The first-order valence-corrected chi connectivity index (χ1v) is 8.81. The first-order chi connectivity index (χ1) is 14.0. The molecule has 8 nitrogen and oxygen atoms in total. The summed E-state index contributed by atoms with van der Waals surface area (Å²) in [6, 6.07) is 12.5. The van der Waals surface area contributed by atoms with Gasteiger partial charge >= 0.3 is 0 Å². The van der Waals surface area contributed by atoms with Gasteiger partial charge in [-0.3, -0.25) is 9.59 Å². The lowest BCUT2D eigenvalue weighted by Crippen LogP contribution is -2.17. The second-order valence-electron chi connectivity index (χ2n) is 6.13. The molecule has 0 aliphatic heterocycles. The van der Waals surface area contributed by atoms with Crippen molar-refractivity contribution in [1.82, 2.24) is 10.1 Å². The predicted octanol–water partition coefficient (Wildman–Crippen LogP) is 3.03. The van der Waals surface area contributed by atoms with Gasteiger partial charge in [0.05, 0.1) is 0 Å². The van der Waals surface area contributed by atoms with E-state index in [1.54, 1.807) is 36.4 Å². The molecule has 0 saturated carbocycles. The van der Waals surface area contributed by atoms with E-state index in [0.717, 1.165) is 0 Å². The summed E-state index contributed by atoms with van der Waals surface area (Å²) < 4.78 is 22.9. The molecule has 0 aliphatic rings. The minimum Gasteiger partial charge on any atom is -0.375 e. The Morgan fingerprint density at radius 2 is 1.76 bits per heavy atom. The van der Waals surface area contributed by atoms with Gasteiger partial charge in [0.15, 0.2) is 0 Å². The number of nitrogens with one attached hydrogen (secondary N) is 2. The fourth-order valence-electron chi connectivity index (χ4n) is 2.52. The molecule has 150 valence electrons. The Morgan fingerprint density at radius 1 is 1.07 bits per heavy atom. The molecule has 2 N–H and O–H groups in total. The SMILES string of the molecule is COCC(=O)Nc1cccc(NC(=O)CCc2nc(-c3ccc(F)cc3)no2)c1. The second-order valence-corrected chi connectivity index (χ2v) is 6.13. The summed E-state index contributed by atoms with van der Waals surface area (Å²) in [5.74, 6) is -0.243. The third-order valence-corrected chi connectivity index (χ3v) is 3.84. The molecule has 0 aliphatic carbocycles. The maximum absolute atomic E-state index is 13.0. The molecule has 0 unspecified atom stereocenters. The van der Waals surface area contributed by atoms with Crippen LogP contribution in [0, 0.1) is 5.82 Å². The van der Waals surface area contributed by atoms with E-state index in [2.05, 4.69) is 20.8 Å². The van der Waals surface area contributed by atoms with Crippen molar-refractivity contribution in [1.29, 1.82) is 0 Å². The highest BCUT2D eigenvalue weighted by Crippen LogP contribution is 2.18. The van der Waals surface area contributed by atoms with Crippen LogP contribution in [0.2, 0.25) is 0 Å². The monoisotopic (exact) mass is 398 g/mol. The van der Waals surface area contributed by atoms with Gasteiger partial charge in [-0.15, -0.1) is 0 Å². The van der Waals surface area contributed by atoms with E-state index in [4.69, 9.17) is 9.26 Å². The lowest BCUT2D eigenvalue weighted by Gasteiger charge is -2.08. The van der Waals surface area contributed by atoms with E-state index in [9.17, 15) is 14.0 Å². The van der Waals surface area contributed by atoms with Crippen molar-refractivity contribution in [3.8, 4) is 11.4 Å². The maximum atomic E-state index is 13.0. The van der Waals surface area contributed by atoms with Crippen molar-refractivity contribution >= 4 is 23.2 Å². The molecule has 3 aromatic rings. The lowest BCUT2D eigenvalue weighted by atomic mass is 10.2. The van der Waals surface area contributed by atoms with Gasteiger partial charge in [0.1, 0.15) is 12.4 Å². The Kier molecular flexibility index (Phi) is 6.64. The minimum absolute atomic E-state index is 0.0549. The van der Waals surface area contributed by atoms with E-state index in [-0.39, 0.29) is 37.1 Å². The standard InChI is InChI=1S/C20H19FN4O4/c1-28-12-18(27)23-16-4-2-3-15(11-16)22-17(26)9-10-19-24-20(25-29-19)13-5-7-14(21)8-6-13/h2-8,11H,9-10,12H2,1H3,(H,22,26)(H,23,27). The third kappa shape index (κ3) is 5.94. The number of benzene rings is 2. The molecule has 0 radical (unpaired) electrons. The highest BCUT2D eigenvalue weighted by molar-refractivity contribution is 5.94. The van der Waals surface area contributed by atoms with E-state index >= 15 is 0 Å². The number of hydrogen-bond donors (Lipinski definition) is 2. The Bertz CT molecular complexity index is 988. The number of aromatic nitrogens is 2. The normalized spacial score (nSPS) is 10.6. The topological polar surface area (TPSA) is 106 Å². The number of methoxy groups -OCH3 is 1. The molecule has 0 atom stereocenters. The van der Waals surface area contributed by atoms with Crippen molar-refractivity contribution in [3.63, 3.8) is 0 Å². The van der Waals surface area contributed by atoms with Crippen LogP contribution in [0.3, 0.4) is 0 Å². The number of hydrogen-bond acceptors (Lipinski definition) is 6. The smallest absolute Gasteiger partial charge is 0.250 e. The minimum atomic E-state index is -0.350. The fraction of sp³-hybridized carbons (Fsp3) is 0.200. The molecule has 3 rings (SSSR count). The first kappa shape index (κ1) is 20.2. The number of anilines is 2. The summed E-state index contributed by atoms with van der Waals surface area (Å²) >= 11 is 0. The van der Waals surface area contributed by atoms with Crippen LogP contribution in [0.5, 0.6) is 0 Å². The largest absolute Gasteiger partial charge is 0.375 e. The summed E-state index contributed by atoms with van der Waals surface area (Å²) in [4.78, 5) is 28.0. The number of halogens is 1. The lowest BCUT2D eigenvalue weighted by molar-refractivity contribution is -0.119. The average molecular weight is 398 g/mol. The number of nitrogens with zero attached hydrogens (tertiary/aromatic N) is 2. The number of amides is 2. The number of carbonyl (C=O) groups is 2. The molecule has 29 heavy (non-hydrogen) atoms. The van der Waals surface area contributed by atoms with Crippen LogP contribution in [-0.2, 0) is 20.7 Å². The summed E-state index contributed by atoms with van der Waals surface area (Å²) in [6.45, 7) is -0.0549. The van der Waals surface area contributed by atoms with Crippen molar-refractivity contribution in [2.24, 2.45) is 0 Å². The van der Waals surface area contributed by atoms with Gasteiger partial charge in [-0.1, -0.05) is 11.2 Å². The van der Waals surface area contributed by atoms with Crippen molar-refractivity contribution < 1.29 is 23.2 Å². The Hall–Kier alpha value is -3.59. The average Bonchev–Trinajstić information content (AvgIpc) is 3.16. The summed E-state index contributed by atoms with van der Waals surface area (Å²) in [7, 11) is 1.43. The highest BCUT2D eigenvalue weighted by Gasteiger charge is 2.11. The van der Waals surface area contributed by atoms with Crippen LogP contribution >= 0.6 is 0 Å². The Labute approximate surface area is 166 Å². The van der Waals surface area contributed by atoms with Gasteiger partial charge in [-0.2, -0.15) is 4.98 Å². The molecular formula is C20H19FN4O4. The molecule has 9 heteroatoms. The Balaban J connectivity index is 1.53. The second kappa shape index (κ2) is 9.56. The third-order valence-electron chi connectivity index (χ3n) is 3.84. The quantitative estimate of drug-likeness (QED) is 0.604. The summed E-state index contributed by atoms with van der Waals surface area (Å²) in [6.07, 6.45) is 0.385. The number of rotatable bonds is 8. The van der Waals surface area contributed by atoms with Gasteiger partial charge in [0.2, 0.25) is 23.5 Å². The summed E-state index contributed by atoms with van der Waals surface area (Å²) in [5.41, 5.74) is 1.71.